The van der Waals surface area contributed by atoms with Crippen LogP contribution >= 0.6 is 27.9 Å². The van der Waals surface area contributed by atoms with Crippen LogP contribution < -0.4 is 4.72 Å². The predicted octanol–water partition coefficient (Wildman–Crippen LogP) is 4.35. The number of halogens is 1. The topological polar surface area (TPSA) is 38.3 Å². The first-order chi connectivity index (χ1) is 9.20. The van der Waals surface area contributed by atoms with Gasteiger partial charge in [0, 0.05) is 9.37 Å². The van der Waals surface area contributed by atoms with Gasteiger partial charge in [-0.1, -0.05) is 18.2 Å². The average Bonchev–Trinajstić information content (AvgIpc) is 2.46. The second-order valence-corrected chi connectivity index (χ2v) is 5.44. The summed E-state index contributed by atoms with van der Waals surface area (Å²) in [5, 5.41) is 0. The Labute approximate surface area is 124 Å². The van der Waals surface area contributed by atoms with E-state index in [1.54, 1.807) is 12.1 Å². The van der Waals surface area contributed by atoms with Gasteiger partial charge < -0.3 is 9.46 Å². The van der Waals surface area contributed by atoms with Crippen molar-refractivity contribution in [3.63, 3.8) is 0 Å². The van der Waals surface area contributed by atoms with Gasteiger partial charge in [-0.2, -0.15) is 0 Å². The number of para-hydroxylation sites is 1. The van der Waals surface area contributed by atoms with Crippen LogP contribution in [-0.2, 0) is 4.74 Å². The molecule has 2 aromatic carbocycles. The summed E-state index contributed by atoms with van der Waals surface area (Å²) in [6, 6.07) is 15.1. The van der Waals surface area contributed by atoms with Crippen LogP contribution in [0.2, 0.25) is 0 Å². The van der Waals surface area contributed by atoms with Crippen LogP contribution in [0.5, 0.6) is 0 Å². The molecule has 0 fully saturated rings. The summed E-state index contributed by atoms with van der Waals surface area (Å²) in [7, 11) is 1.38. The molecular formula is C14H12BrNO2S. The Hall–Kier alpha value is -1.46. The van der Waals surface area contributed by atoms with Gasteiger partial charge in [-0.25, -0.2) is 4.79 Å². The molecule has 19 heavy (non-hydrogen) atoms. The number of anilines is 1. The van der Waals surface area contributed by atoms with Crippen molar-refractivity contribution in [2.24, 2.45) is 0 Å². The maximum absolute atomic E-state index is 11.4. The number of esters is 1. The van der Waals surface area contributed by atoms with Gasteiger partial charge in [0.05, 0.1) is 18.4 Å². The molecule has 2 rings (SSSR count). The van der Waals surface area contributed by atoms with E-state index in [-0.39, 0.29) is 5.97 Å². The lowest BCUT2D eigenvalue weighted by Gasteiger charge is -2.08. The van der Waals surface area contributed by atoms with Crippen LogP contribution in [0.25, 0.3) is 0 Å². The van der Waals surface area contributed by atoms with Crippen molar-refractivity contribution in [1.82, 2.24) is 0 Å². The number of carbonyl (C=O) groups excluding carboxylic acids is 1. The first-order valence-corrected chi connectivity index (χ1v) is 7.17. The number of rotatable bonds is 4. The van der Waals surface area contributed by atoms with Gasteiger partial charge in [-0.3, -0.25) is 0 Å². The number of hydrogen-bond acceptors (Lipinski definition) is 4. The van der Waals surface area contributed by atoms with Crippen LogP contribution in [0.1, 0.15) is 10.4 Å². The van der Waals surface area contributed by atoms with Gasteiger partial charge in [0.1, 0.15) is 0 Å². The van der Waals surface area contributed by atoms with Gasteiger partial charge in [0.15, 0.2) is 0 Å². The zero-order valence-corrected chi connectivity index (χ0v) is 12.6. The van der Waals surface area contributed by atoms with Crippen LogP contribution in [0.15, 0.2) is 57.9 Å². The standard InChI is InChI=1S/C14H12BrNO2S/c1-18-14(17)10-5-4-6-11(9-10)19-16-13-8-3-2-7-12(13)15/h2-9,16H,1H3. The number of benzene rings is 2. The molecule has 0 aliphatic rings. The molecular weight excluding hydrogens is 326 g/mol. The highest BCUT2D eigenvalue weighted by molar-refractivity contribution is 9.10. The first kappa shape index (κ1) is 14.0. The van der Waals surface area contributed by atoms with Crippen molar-refractivity contribution in [3.8, 4) is 0 Å². The van der Waals surface area contributed by atoms with E-state index in [0.29, 0.717) is 5.56 Å². The lowest BCUT2D eigenvalue weighted by atomic mass is 10.2. The Bertz CT molecular complexity index is 589. The number of nitrogens with one attached hydrogen (secondary N) is 1. The van der Waals surface area contributed by atoms with E-state index in [0.717, 1.165) is 15.1 Å². The van der Waals surface area contributed by atoms with Crippen molar-refractivity contribution >= 4 is 39.5 Å². The Morgan fingerprint density at radius 3 is 2.74 bits per heavy atom. The second-order valence-electron chi connectivity index (χ2n) is 3.70. The highest BCUT2D eigenvalue weighted by Gasteiger charge is 2.06. The fourth-order valence-electron chi connectivity index (χ4n) is 1.46. The van der Waals surface area contributed by atoms with Crippen LogP contribution in [0.4, 0.5) is 5.69 Å². The number of carbonyl (C=O) groups is 1. The molecule has 0 spiro atoms. The van der Waals surface area contributed by atoms with E-state index >= 15 is 0 Å². The second kappa shape index (κ2) is 6.63. The molecule has 2 aromatic rings. The molecule has 0 radical (unpaired) electrons. The van der Waals surface area contributed by atoms with Crippen LogP contribution in [0, 0.1) is 0 Å². The summed E-state index contributed by atoms with van der Waals surface area (Å²) in [6.07, 6.45) is 0. The van der Waals surface area contributed by atoms with E-state index in [1.165, 1.54) is 19.1 Å². The summed E-state index contributed by atoms with van der Waals surface area (Å²) in [4.78, 5) is 12.4. The molecule has 98 valence electrons. The minimum Gasteiger partial charge on any atom is -0.465 e. The fourth-order valence-corrected chi connectivity index (χ4v) is 2.72. The molecule has 3 nitrogen and oxygen atoms in total. The molecule has 0 unspecified atom stereocenters. The first-order valence-electron chi connectivity index (χ1n) is 5.56. The van der Waals surface area contributed by atoms with Gasteiger partial charge in [0.2, 0.25) is 0 Å². The summed E-state index contributed by atoms with van der Waals surface area (Å²) in [6.45, 7) is 0. The van der Waals surface area contributed by atoms with E-state index in [4.69, 9.17) is 4.74 Å². The summed E-state index contributed by atoms with van der Waals surface area (Å²) < 4.78 is 8.92. The fraction of sp³-hybridized carbons (Fsp3) is 0.0714. The molecule has 0 saturated heterocycles. The van der Waals surface area contributed by atoms with Crippen molar-refractivity contribution in [3.05, 3.63) is 58.6 Å². The molecule has 0 aliphatic carbocycles. The third-order valence-electron chi connectivity index (χ3n) is 2.41. The Balaban J connectivity index is 2.08. The maximum atomic E-state index is 11.4. The SMILES string of the molecule is COC(=O)c1cccc(SNc2ccccc2Br)c1. The molecule has 0 aromatic heterocycles. The average molecular weight is 338 g/mol. The minimum atomic E-state index is -0.330. The number of methoxy groups -OCH3 is 1. The summed E-state index contributed by atoms with van der Waals surface area (Å²) >= 11 is 4.91. The summed E-state index contributed by atoms with van der Waals surface area (Å²) in [5.41, 5.74) is 1.53. The molecule has 0 amide bonds. The smallest absolute Gasteiger partial charge is 0.337 e. The highest BCUT2D eigenvalue weighted by atomic mass is 79.9. The quantitative estimate of drug-likeness (QED) is 0.664. The van der Waals surface area contributed by atoms with E-state index in [9.17, 15) is 4.79 Å². The van der Waals surface area contributed by atoms with Crippen molar-refractivity contribution in [2.75, 3.05) is 11.8 Å². The molecule has 0 bridgehead atoms. The molecule has 1 N–H and O–H groups in total. The molecule has 0 aliphatic heterocycles. The number of ether oxygens (including phenoxy) is 1. The Morgan fingerprint density at radius 2 is 2.00 bits per heavy atom. The van der Waals surface area contributed by atoms with E-state index < -0.39 is 0 Å². The van der Waals surface area contributed by atoms with Crippen LogP contribution in [0.3, 0.4) is 0 Å². The third kappa shape index (κ3) is 3.75. The monoisotopic (exact) mass is 337 g/mol. The normalized spacial score (nSPS) is 10.0. The van der Waals surface area contributed by atoms with Crippen molar-refractivity contribution in [2.45, 2.75) is 4.90 Å². The van der Waals surface area contributed by atoms with Gasteiger partial charge in [0.25, 0.3) is 0 Å². The lowest BCUT2D eigenvalue weighted by Crippen LogP contribution is -2.00. The van der Waals surface area contributed by atoms with Gasteiger partial charge >= 0.3 is 5.97 Å². The van der Waals surface area contributed by atoms with Crippen LogP contribution in [-0.4, -0.2) is 13.1 Å². The summed E-state index contributed by atoms with van der Waals surface area (Å²) in [5.74, 6) is -0.330. The number of hydrogen-bond donors (Lipinski definition) is 1. The largest absolute Gasteiger partial charge is 0.465 e. The van der Waals surface area contributed by atoms with E-state index in [2.05, 4.69) is 20.7 Å². The minimum absolute atomic E-state index is 0.330. The Morgan fingerprint density at radius 1 is 1.21 bits per heavy atom. The molecule has 0 saturated carbocycles. The van der Waals surface area contributed by atoms with Crippen molar-refractivity contribution < 1.29 is 9.53 Å². The predicted molar refractivity (Wildman–Crippen MR) is 81.4 cm³/mol. The lowest BCUT2D eigenvalue weighted by molar-refractivity contribution is 0.0600. The van der Waals surface area contributed by atoms with Crippen molar-refractivity contribution in [1.29, 1.82) is 0 Å². The highest BCUT2D eigenvalue weighted by Crippen LogP contribution is 2.27. The van der Waals surface area contributed by atoms with Gasteiger partial charge in [-0.05, 0) is 58.2 Å². The third-order valence-corrected chi connectivity index (χ3v) is 3.91. The maximum Gasteiger partial charge on any atom is 0.337 e. The molecule has 0 atom stereocenters. The zero-order valence-electron chi connectivity index (χ0n) is 10.2. The zero-order chi connectivity index (χ0) is 13.7. The Kier molecular flexibility index (Phi) is 4.87. The molecule has 5 heteroatoms. The molecule has 0 heterocycles. The van der Waals surface area contributed by atoms with E-state index in [1.807, 2.05) is 36.4 Å². The van der Waals surface area contributed by atoms with Gasteiger partial charge in [-0.15, -0.1) is 0 Å².